The molecule has 1 aliphatic carbocycles. The summed E-state index contributed by atoms with van der Waals surface area (Å²) in [4.78, 5) is 18.4. The second-order valence-corrected chi connectivity index (χ2v) is 4.80. The van der Waals surface area contributed by atoms with E-state index in [1.807, 2.05) is 0 Å². The molecular formula is C14H7F5N2O2. The maximum atomic E-state index is 13.6. The number of hydrogen-bond donors (Lipinski definition) is 0. The molecule has 0 fully saturated rings. The van der Waals surface area contributed by atoms with E-state index in [9.17, 15) is 26.7 Å². The van der Waals surface area contributed by atoms with Crippen LogP contribution in [0.5, 0.6) is 11.5 Å². The molecule has 0 amide bonds. The first-order chi connectivity index (χ1) is 10.8. The molecule has 4 nitrogen and oxygen atoms in total. The summed E-state index contributed by atoms with van der Waals surface area (Å²) in [5, 5.41) is 0. The Balaban J connectivity index is 2.09. The number of aromatic nitrogens is 2. The van der Waals surface area contributed by atoms with Gasteiger partial charge in [0.1, 0.15) is 17.3 Å². The molecule has 0 N–H and O–H groups in total. The minimum Gasteiger partial charge on any atom is -0.454 e. The average molecular weight is 330 g/mol. The quantitative estimate of drug-likeness (QED) is 0.791. The molecule has 0 saturated carbocycles. The van der Waals surface area contributed by atoms with E-state index in [0.717, 1.165) is 24.7 Å². The van der Waals surface area contributed by atoms with Crippen molar-refractivity contribution < 1.29 is 31.5 Å². The predicted molar refractivity (Wildman–Crippen MR) is 66.4 cm³/mol. The molecule has 2 heterocycles. The van der Waals surface area contributed by atoms with E-state index in [1.54, 1.807) is 0 Å². The molecule has 0 spiro atoms. The molecule has 0 aromatic carbocycles. The Hall–Kier alpha value is -2.58. The van der Waals surface area contributed by atoms with Gasteiger partial charge in [0.05, 0.1) is 24.2 Å². The number of pyridine rings is 2. The van der Waals surface area contributed by atoms with Crippen molar-refractivity contribution in [1.82, 2.24) is 9.97 Å². The van der Waals surface area contributed by atoms with Crippen molar-refractivity contribution in [2.45, 2.75) is 18.8 Å². The zero-order valence-electron chi connectivity index (χ0n) is 11.2. The Kier molecular flexibility index (Phi) is 3.50. The van der Waals surface area contributed by atoms with E-state index in [0.29, 0.717) is 0 Å². The summed E-state index contributed by atoms with van der Waals surface area (Å²) in [6.07, 6.45) is -4.79. The number of halogens is 5. The van der Waals surface area contributed by atoms with Crippen LogP contribution in [0.3, 0.4) is 0 Å². The lowest BCUT2D eigenvalue weighted by Crippen LogP contribution is -2.17. The first-order valence-electron chi connectivity index (χ1n) is 6.33. The van der Waals surface area contributed by atoms with Crippen molar-refractivity contribution in [1.29, 1.82) is 0 Å². The lowest BCUT2D eigenvalue weighted by molar-refractivity contribution is -0.141. The SMILES string of the molecule is O=C1c2c(C(F)(F)F)ncc(Oc3cncc(F)c3)c2CC1F. The second-order valence-electron chi connectivity index (χ2n) is 4.80. The summed E-state index contributed by atoms with van der Waals surface area (Å²) in [7, 11) is 0. The maximum Gasteiger partial charge on any atom is 0.434 e. The number of ether oxygens (including phenoxy) is 1. The molecule has 23 heavy (non-hydrogen) atoms. The highest BCUT2D eigenvalue weighted by Gasteiger charge is 2.44. The molecule has 0 radical (unpaired) electrons. The van der Waals surface area contributed by atoms with Gasteiger partial charge in [-0.3, -0.25) is 9.78 Å². The Morgan fingerprint density at radius 1 is 1.22 bits per heavy atom. The topological polar surface area (TPSA) is 52.1 Å². The van der Waals surface area contributed by atoms with Crippen LogP contribution in [0.4, 0.5) is 22.0 Å². The fourth-order valence-electron chi connectivity index (χ4n) is 2.31. The van der Waals surface area contributed by atoms with E-state index in [1.165, 1.54) is 0 Å². The monoisotopic (exact) mass is 330 g/mol. The van der Waals surface area contributed by atoms with E-state index >= 15 is 0 Å². The standard InChI is InChI=1S/C14H7F5N2O2/c15-6-1-7(4-20-3-6)23-10-5-21-13(14(17,18)19)11-8(10)2-9(16)12(11)22/h1,3-5,9H,2H2. The highest BCUT2D eigenvalue weighted by molar-refractivity contribution is 6.05. The number of carbonyl (C=O) groups is 1. The van der Waals surface area contributed by atoms with Gasteiger partial charge in [0.15, 0.2) is 17.6 Å². The van der Waals surface area contributed by atoms with Gasteiger partial charge in [0.2, 0.25) is 0 Å². The number of ketones is 1. The third-order valence-electron chi connectivity index (χ3n) is 3.24. The molecule has 1 unspecified atom stereocenters. The summed E-state index contributed by atoms with van der Waals surface area (Å²) in [6.45, 7) is 0. The number of Topliss-reactive ketones (excluding diaryl/α,β-unsaturated/α-hetero) is 1. The van der Waals surface area contributed by atoms with E-state index in [4.69, 9.17) is 4.74 Å². The van der Waals surface area contributed by atoms with Crippen molar-refractivity contribution in [3.63, 3.8) is 0 Å². The molecule has 0 saturated heterocycles. The summed E-state index contributed by atoms with van der Waals surface area (Å²) in [5.74, 6) is -2.36. The molecule has 0 bridgehead atoms. The summed E-state index contributed by atoms with van der Waals surface area (Å²) >= 11 is 0. The van der Waals surface area contributed by atoms with Crippen LogP contribution in [-0.4, -0.2) is 21.9 Å². The Labute approximate surface area is 125 Å². The van der Waals surface area contributed by atoms with Crippen LogP contribution in [0.1, 0.15) is 21.6 Å². The minimum absolute atomic E-state index is 0.108. The van der Waals surface area contributed by atoms with Crippen LogP contribution in [0, 0.1) is 5.82 Å². The summed E-state index contributed by atoms with van der Waals surface area (Å²) in [5.41, 5.74) is -2.54. The van der Waals surface area contributed by atoms with Gasteiger partial charge in [0, 0.05) is 18.1 Å². The normalized spacial score (nSPS) is 17.3. The summed E-state index contributed by atoms with van der Waals surface area (Å²) < 4.78 is 70.6. The Morgan fingerprint density at radius 2 is 1.96 bits per heavy atom. The van der Waals surface area contributed by atoms with Crippen LogP contribution in [0.2, 0.25) is 0 Å². The van der Waals surface area contributed by atoms with Gasteiger partial charge >= 0.3 is 6.18 Å². The first kappa shape index (κ1) is 15.3. The smallest absolute Gasteiger partial charge is 0.434 e. The molecule has 1 atom stereocenters. The highest BCUT2D eigenvalue weighted by atomic mass is 19.4. The molecule has 1 aliphatic rings. The lowest BCUT2D eigenvalue weighted by atomic mass is 10.1. The van der Waals surface area contributed by atoms with Crippen LogP contribution in [0.25, 0.3) is 0 Å². The van der Waals surface area contributed by atoms with Crippen LogP contribution in [-0.2, 0) is 12.6 Å². The van der Waals surface area contributed by atoms with Gasteiger partial charge in [-0.2, -0.15) is 13.2 Å². The zero-order valence-corrected chi connectivity index (χ0v) is 11.2. The minimum atomic E-state index is -4.90. The predicted octanol–water partition coefficient (Wildman–Crippen LogP) is 3.50. The fraction of sp³-hybridized carbons (Fsp3) is 0.214. The van der Waals surface area contributed by atoms with Gasteiger partial charge in [-0.05, 0) is 0 Å². The largest absolute Gasteiger partial charge is 0.454 e. The number of alkyl halides is 4. The molecule has 2 aromatic heterocycles. The van der Waals surface area contributed by atoms with Crippen LogP contribution >= 0.6 is 0 Å². The number of fused-ring (bicyclic) bond motifs is 1. The lowest BCUT2D eigenvalue weighted by Gasteiger charge is -2.13. The average Bonchev–Trinajstić information content (AvgIpc) is 2.75. The zero-order chi connectivity index (χ0) is 16.8. The molecular weight excluding hydrogens is 323 g/mol. The van der Waals surface area contributed by atoms with E-state index < -0.39 is 41.6 Å². The highest BCUT2D eigenvalue weighted by Crippen LogP contribution is 2.41. The molecule has 2 aromatic rings. The van der Waals surface area contributed by atoms with Gasteiger partial charge in [0.25, 0.3) is 0 Å². The number of nitrogens with zero attached hydrogens (tertiary/aromatic N) is 2. The van der Waals surface area contributed by atoms with Crippen molar-refractivity contribution in [2.24, 2.45) is 0 Å². The number of rotatable bonds is 2. The number of carbonyl (C=O) groups excluding carboxylic acids is 1. The second kappa shape index (κ2) is 5.25. The molecule has 0 aliphatic heterocycles. The van der Waals surface area contributed by atoms with Crippen molar-refractivity contribution in [3.05, 3.63) is 47.3 Å². The van der Waals surface area contributed by atoms with Crippen LogP contribution in [0.15, 0.2) is 24.7 Å². The molecule has 3 rings (SSSR count). The van der Waals surface area contributed by atoms with Crippen molar-refractivity contribution in [3.8, 4) is 11.5 Å². The first-order valence-corrected chi connectivity index (χ1v) is 6.33. The van der Waals surface area contributed by atoms with Gasteiger partial charge in [-0.1, -0.05) is 0 Å². The van der Waals surface area contributed by atoms with Crippen molar-refractivity contribution >= 4 is 5.78 Å². The summed E-state index contributed by atoms with van der Waals surface area (Å²) in [6, 6.07) is 0.945. The van der Waals surface area contributed by atoms with Gasteiger partial charge < -0.3 is 4.74 Å². The third-order valence-corrected chi connectivity index (χ3v) is 3.24. The Morgan fingerprint density at radius 3 is 2.61 bits per heavy atom. The fourth-order valence-corrected chi connectivity index (χ4v) is 2.31. The number of hydrogen-bond acceptors (Lipinski definition) is 4. The maximum absolute atomic E-state index is 13.6. The van der Waals surface area contributed by atoms with Crippen LogP contribution < -0.4 is 4.74 Å². The van der Waals surface area contributed by atoms with E-state index in [2.05, 4.69) is 9.97 Å². The third kappa shape index (κ3) is 2.73. The molecule has 120 valence electrons. The van der Waals surface area contributed by atoms with Crippen molar-refractivity contribution in [2.75, 3.05) is 0 Å². The Bertz CT molecular complexity index is 791. The molecule has 9 heteroatoms. The van der Waals surface area contributed by atoms with E-state index in [-0.39, 0.29) is 17.1 Å². The van der Waals surface area contributed by atoms with Gasteiger partial charge in [-0.25, -0.2) is 13.8 Å². The van der Waals surface area contributed by atoms with Gasteiger partial charge in [-0.15, -0.1) is 0 Å².